The molecule has 1 unspecified atom stereocenters. The van der Waals surface area contributed by atoms with Gasteiger partial charge in [-0.1, -0.05) is 12.1 Å². The van der Waals surface area contributed by atoms with Crippen molar-refractivity contribution in [3.05, 3.63) is 63.7 Å². The summed E-state index contributed by atoms with van der Waals surface area (Å²) in [4.78, 5) is 25.2. The van der Waals surface area contributed by atoms with E-state index in [0.29, 0.717) is 49.2 Å². The van der Waals surface area contributed by atoms with Crippen LogP contribution in [0.4, 0.5) is 5.69 Å². The first-order valence-corrected chi connectivity index (χ1v) is 9.50. The van der Waals surface area contributed by atoms with Gasteiger partial charge in [-0.25, -0.2) is 0 Å². The molecule has 1 fully saturated rings. The van der Waals surface area contributed by atoms with Crippen molar-refractivity contribution in [3.63, 3.8) is 0 Å². The summed E-state index contributed by atoms with van der Waals surface area (Å²) in [7, 11) is 0. The van der Waals surface area contributed by atoms with Crippen LogP contribution in [0.15, 0.2) is 42.5 Å². The van der Waals surface area contributed by atoms with Gasteiger partial charge < -0.3 is 14.4 Å². The van der Waals surface area contributed by atoms with E-state index in [2.05, 4.69) is 4.90 Å². The molecule has 0 aromatic heterocycles. The zero-order chi connectivity index (χ0) is 19.5. The summed E-state index contributed by atoms with van der Waals surface area (Å²) < 4.78 is 11.0. The van der Waals surface area contributed by atoms with Crippen LogP contribution in [0.3, 0.4) is 0 Å². The number of rotatable bonds is 6. The maximum Gasteiger partial charge on any atom is 0.269 e. The van der Waals surface area contributed by atoms with Crippen molar-refractivity contribution in [1.82, 2.24) is 4.90 Å². The molecule has 7 nitrogen and oxygen atoms in total. The number of hydrogen-bond donors (Lipinski definition) is 0. The van der Waals surface area contributed by atoms with Crippen LogP contribution >= 0.6 is 0 Å². The summed E-state index contributed by atoms with van der Waals surface area (Å²) in [5.41, 5.74) is 1.88. The standard InChI is InChI=1S/C21H22N2O5/c24-19(16-3-6-20-21(13-16)28-12-11-27-20)8-10-22-9-7-17(14-22)15-1-4-18(5-2-15)23(25)26/h1-6,13,17H,7-12,14H2. The molecule has 28 heavy (non-hydrogen) atoms. The van der Waals surface area contributed by atoms with Crippen LogP contribution in [0.2, 0.25) is 0 Å². The lowest BCUT2D eigenvalue weighted by Crippen LogP contribution is -2.23. The van der Waals surface area contributed by atoms with Gasteiger partial charge in [0.05, 0.1) is 4.92 Å². The van der Waals surface area contributed by atoms with Crippen LogP contribution in [0.1, 0.15) is 34.7 Å². The van der Waals surface area contributed by atoms with Crippen LogP contribution in [-0.2, 0) is 0 Å². The highest BCUT2D eigenvalue weighted by atomic mass is 16.6. The van der Waals surface area contributed by atoms with Crippen LogP contribution < -0.4 is 9.47 Å². The van der Waals surface area contributed by atoms with Gasteiger partial charge in [-0.15, -0.1) is 0 Å². The predicted molar refractivity (Wildman–Crippen MR) is 103 cm³/mol. The molecule has 2 aliphatic heterocycles. The topological polar surface area (TPSA) is 81.9 Å². The largest absolute Gasteiger partial charge is 0.486 e. The maximum absolute atomic E-state index is 12.6. The van der Waals surface area contributed by atoms with Gasteiger partial charge in [0, 0.05) is 37.2 Å². The summed E-state index contributed by atoms with van der Waals surface area (Å²) >= 11 is 0. The molecule has 2 aromatic rings. The van der Waals surface area contributed by atoms with Crippen LogP contribution in [-0.4, -0.2) is 48.5 Å². The second kappa shape index (κ2) is 7.98. The second-order valence-corrected chi connectivity index (χ2v) is 7.17. The van der Waals surface area contributed by atoms with E-state index in [9.17, 15) is 14.9 Å². The molecule has 2 heterocycles. The number of ether oxygens (including phenoxy) is 2. The Hall–Kier alpha value is -2.93. The molecule has 1 atom stereocenters. The number of benzene rings is 2. The van der Waals surface area contributed by atoms with Gasteiger partial charge in [-0.05, 0) is 42.6 Å². The molecule has 0 saturated carbocycles. The van der Waals surface area contributed by atoms with E-state index >= 15 is 0 Å². The van der Waals surface area contributed by atoms with Crippen LogP contribution in [0.5, 0.6) is 11.5 Å². The van der Waals surface area contributed by atoms with E-state index < -0.39 is 0 Å². The van der Waals surface area contributed by atoms with E-state index in [-0.39, 0.29) is 16.4 Å². The van der Waals surface area contributed by atoms with E-state index in [1.807, 2.05) is 12.1 Å². The van der Waals surface area contributed by atoms with Gasteiger partial charge in [0.1, 0.15) is 13.2 Å². The molecule has 146 valence electrons. The van der Waals surface area contributed by atoms with Gasteiger partial charge in [0.25, 0.3) is 5.69 Å². The minimum absolute atomic E-state index is 0.0933. The lowest BCUT2D eigenvalue weighted by Gasteiger charge is -2.19. The number of non-ortho nitro benzene ring substituents is 1. The van der Waals surface area contributed by atoms with Crippen LogP contribution in [0, 0.1) is 10.1 Å². The molecule has 0 radical (unpaired) electrons. The molecule has 1 saturated heterocycles. The minimum Gasteiger partial charge on any atom is -0.486 e. The highest BCUT2D eigenvalue weighted by Gasteiger charge is 2.25. The molecule has 4 rings (SSSR count). The summed E-state index contributed by atoms with van der Waals surface area (Å²) in [6, 6.07) is 12.1. The third kappa shape index (κ3) is 3.99. The van der Waals surface area contributed by atoms with E-state index in [1.54, 1.807) is 30.3 Å². The van der Waals surface area contributed by atoms with Crippen LogP contribution in [0.25, 0.3) is 0 Å². The van der Waals surface area contributed by atoms with E-state index in [0.717, 1.165) is 25.1 Å². The molecule has 0 bridgehead atoms. The van der Waals surface area contributed by atoms with Crippen molar-refractivity contribution in [2.75, 3.05) is 32.8 Å². The number of nitrogens with zero attached hydrogens (tertiary/aromatic N) is 2. The number of fused-ring (bicyclic) bond motifs is 1. The quantitative estimate of drug-likeness (QED) is 0.432. The van der Waals surface area contributed by atoms with Crippen molar-refractivity contribution in [2.45, 2.75) is 18.8 Å². The van der Waals surface area contributed by atoms with Crippen molar-refractivity contribution in [1.29, 1.82) is 0 Å². The predicted octanol–water partition coefficient (Wildman–Crippen LogP) is 3.43. The number of nitro groups is 1. The average Bonchev–Trinajstić information content (AvgIpc) is 3.21. The zero-order valence-electron chi connectivity index (χ0n) is 15.5. The fourth-order valence-electron chi connectivity index (χ4n) is 3.80. The van der Waals surface area contributed by atoms with Gasteiger partial charge in [-0.2, -0.15) is 0 Å². The van der Waals surface area contributed by atoms with Gasteiger partial charge in [0.2, 0.25) is 0 Å². The normalized spacial score (nSPS) is 18.8. The fourth-order valence-corrected chi connectivity index (χ4v) is 3.80. The molecule has 0 spiro atoms. The third-order valence-corrected chi connectivity index (χ3v) is 5.37. The minimum atomic E-state index is -0.381. The smallest absolute Gasteiger partial charge is 0.269 e. The van der Waals surface area contributed by atoms with Crippen molar-refractivity contribution in [2.24, 2.45) is 0 Å². The Kier molecular flexibility index (Phi) is 5.25. The number of hydrogen-bond acceptors (Lipinski definition) is 6. The molecule has 7 heteroatoms. The van der Waals surface area contributed by atoms with Crippen molar-refractivity contribution in [3.8, 4) is 11.5 Å². The Balaban J connectivity index is 1.31. The molecule has 0 aliphatic carbocycles. The lowest BCUT2D eigenvalue weighted by molar-refractivity contribution is -0.384. The Labute approximate surface area is 163 Å². The number of Topliss-reactive ketones (excluding diaryl/α,β-unsaturated/α-hetero) is 1. The highest BCUT2D eigenvalue weighted by Crippen LogP contribution is 2.32. The second-order valence-electron chi connectivity index (χ2n) is 7.17. The molecular formula is C21H22N2O5. The highest BCUT2D eigenvalue weighted by molar-refractivity contribution is 5.96. The number of ketones is 1. The zero-order valence-corrected chi connectivity index (χ0v) is 15.5. The Morgan fingerprint density at radius 2 is 1.86 bits per heavy atom. The van der Waals surface area contributed by atoms with Crippen molar-refractivity contribution >= 4 is 11.5 Å². The Bertz CT molecular complexity index is 881. The van der Waals surface area contributed by atoms with Gasteiger partial charge in [0.15, 0.2) is 17.3 Å². The molecule has 2 aliphatic rings. The maximum atomic E-state index is 12.6. The Morgan fingerprint density at radius 3 is 2.61 bits per heavy atom. The number of carbonyl (C=O) groups excluding carboxylic acids is 1. The van der Waals surface area contributed by atoms with Gasteiger partial charge >= 0.3 is 0 Å². The lowest BCUT2D eigenvalue weighted by atomic mass is 9.98. The summed E-state index contributed by atoms with van der Waals surface area (Å²) in [5, 5.41) is 10.8. The SMILES string of the molecule is O=C(CCN1CCC(c2ccc([N+](=O)[O-])cc2)C1)c1ccc2c(c1)OCCO2. The van der Waals surface area contributed by atoms with Gasteiger partial charge in [-0.3, -0.25) is 14.9 Å². The summed E-state index contributed by atoms with van der Waals surface area (Å²) in [5.74, 6) is 1.77. The fraction of sp³-hybridized carbons (Fsp3) is 0.381. The molecule has 2 aromatic carbocycles. The number of likely N-dealkylation sites (tertiary alicyclic amines) is 1. The number of carbonyl (C=O) groups is 1. The molecule has 0 N–H and O–H groups in total. The number of nitro benzene ring substituents is 1. The third-order valence-electron chi connectivity index (χ3n) is 5.37. The summed E-state index contributed by atoms with van der Waals surface area (Å²) in [6.07, 6.45) is 1.45. The Morgan fingerprint density at radius 1 is 1.11 bits per heavy atom. The van der Waals surface area contributed by atoms with Crippen molar-refractivity contribution < 1.29 is 19.2 Å². The van der Waals surface area contributed by atoms with E-state index in [1.165, 1.54) is 0 Å². The first kappa shape index (κ1) is 18.4. The van der Waals surface area contributed by atoms with E-state index in [4.69, 9.17) is 9.47 Å². The first-order valence-electron chi connectivity index (χ1n) is 9.50. The first-order chi connectivity index (χ1) is 13.6. The molecule has 0 amide bonds. The monoisotopic (exact) mass is 382 g/mol. The summed E-state index contributed by atoms with van der Waals surface area (Å²) in [6.45, 7) is 3.53. The average molecular weight is 382 g/mol. The molecular weight excluding hydrogens is 360 g/mol.